The van der Waals surface area contributed by atoms with Crippen LogP contribution < -0.4 is 5.43 Å². The Hall–Kier alpha value is -0.570. The molecular weight excluding hydrogens is 116 g/mol. The minimum atomic E-state index is 0.160. The van der Waals surface area contributed by atoms with Crippen molar-refractivity contribution >= 4 is 5.91 Å². The Bertz CT molecular complexity index is 142. The third-order valence-corrected chi connectivity index (χ3v) is 2.00. The van der Waals surface area contributed by atoms with E-state index in [-0.39, 0.29) is 5.91 Å². The Morgan fingerprint density at radius 2 is 2.22 bits per heavy atom. The molecule has 1 aliphatic rings. The summed E-state index contributed by atoms with van der Waals surface area (Å²) in [5.41, 5.74) is 2.84. The molecule has 3 heteroatoms. The van der Waals surface area contributed by atoms with Gasteiger partial charge in [0.15, 0.2) is 0 Å². The topological polar surface area (TPSA) is 29.1 Å². The second kappa shape index (κ2) is 1.70. The van der Waals surface area contributed by atoms with E-state index in [2.05, 4.69) is 12.3 Å². The molecule has 0 bridgehead atoms. The molecule has 1 heterocycles. The van der Waals surface area contributed by atoms with E-state index in [1.54, 1.807) is 0 Å². The summed E-state index contributed by atoms with van der Waals surface area (Å²) in [6.45, 7) is 2.07. The van der Waals surface area contributed by atoms with Crippen LogP contribution in [-0.4, -0.2) is 30.6 Å². The molecule has 0 radical (unpaired) electrons. The third-order valence-electron chi connectivity index (χ3n) is 2.00. The molecule has 0 aromatic carbocycles. The van der Waals surface area contributed by atoms with E-state index in [1.807, 2.05) is 14.1 Å². The summed E-state index contributed by atoms with van der Waals surface area (Å²) in [4.78, 5) is 10.7. The molecule has 1 fully saturated rings. The zero-order valence-electron chi connectivity index (χ0n) is 6.14. The maximum Gasteiger partial charge on any atom is 0.271 e. The van der Waals surface area contributed by atoms with Crippen LogP contribution in [0.1, 0.15) is 13.3 Å². The van der Waals surface area contributed by atoms with Gasteiger partial charge in [0.05, 0.1) is 20.5 Å². The van der Waals surface area contributed by atoms with Gasteiger partial charge in [0.2, 0.25) is 0 Å². The van der Waals surface area contributed by atoms with Gasteiger partial charge < -0.3 is 0 Å². The van der Waals surface area contributed by atoms with Gasteiger partial charge in [-0.25, -0.2) is 10.0 Å². The van der Waals surface area contributed by atoms with Gasteiger partial charge in [-0.3, -0.25) is 4.79 Å². The fraction of sp³-hybridized carbons (Fsp3) is 0.833. The monoisotopic (exact) mass is 129 g/mol. The lowest BCUT2D eigenvalue weighted by molar-refractivity contribution is -0.937. The standard InChI is InChI=1S/C6H12N2O/c1-5-4-6(9)7-8(5,2)3/h5H,4H2,1-3H3/p+1. The van der Waals surface area contributed by atoms with Gasteiger partial charge in [-0.05, 0) is 6.92 Å². The number of carbonyl (C=O) groups excluding carboxylic acids is 1. The summed E-state index contributed by atoms with van der Waals surface area (Å²) in [5.74, 6) is 0.160. The molecule has 1 unspecified atom stereocenters. The lowest BCUT2D eigenvalue weighted by atomic mass is 10.2. The zero-order chi connectivity index (χ0) is 7.07. The van der Waals surface area contributed by atoms with Crippen LogP contribution in [0.2, 0.25) is 0 Å². The van der Waals surface area contributed by atoms with Crippen LogP contribution in [0, 0.1) is 0 Å². The fourth-order valence-electron chi connectivity index (χ4n) is 0.974. The van der Waals surface area contributed by atoms with Crippen molar-refractivity contribution in [2.75, 3.05) is 14.1 Å². The quantitative estimate of drug-likeness (QED) is 0.454. The van der Waals surface area contributed by atoms with Gasteiger partial charge in [-0.15, -0.1) is 0 Å². The van der Waals surface area contributed by atoms with Crippen molar-refractivity contribution in [3.63, 3.8) is 0 Å². The lowest BCUT2D eigenvalue weighted by Crippen LogP contribution is -2.51. The summed E-state index contributed by atoms with van der Waals surface area (Å²) >= 11 is 0. The van der Waals surface area contributed by atoms with Gasteiger partial charge in [-0.1, -0.05) is 0 Å². The summed E-state index contributed by atoms with van der Waals surface area (Å²) in [6.07, 6.45) is 0.660. The minimum absolute atomic E-state index is 0.160. The third kappa shape index (κ3) is 1.05. The van der Waals surface area contributed by atoms with Gasteiger partial charge in [-0.2, -0.15) is 0 Å². The maximum atomic E-state index is 10.7. The number of quaternary nitrogens is 1. The molecular formula is C6H13N2O+. The molecule has 1 aliphatic heterocycles. The number of carbonyl (C=O) groups is 1. The van der Waals surface area contributed by atoms with E-state index >= 15 is 0 Å². The van der Waals surface area contributed by atoms with Crippen molar-refractivity contribution in [1.82, 2.24) is 5.43 Å². The van der Waals surface area contributed by atoms with Crippen LogP contribution in [0.15, 0.2) is 0 Å². The number of nitrogens with one attached hydrogen (secondary N) is 1. The second-order valence-electron chi connectivity index (χ2n) is 3.13. The van der Waals surface area contributed by atoms with Crippen LogP contribution in [-0.2, 0) is 4.79 Å². The number of hydrogen-bond acceptors (Lipinski definition) is 1. The highest BCUT2D eigenvalue weighted by molar-refractivity contribution is 5.76. The van der Waals surface area contributed by atoms with Gasteiger partial charge in [0, 0.05) is 0 Å². The molecule has 9 heavy (non-hydrogen) atoms. The highest BCUT2D eigenvalue weighted by Crippen LogP contribution is 2.12. The Morgan fingerprint density at radius 1 is 1.67 bits per heavy atom. The smallest absolute Gasteiger partial charge is 0.270 e. The normalized spacial score (nSPS) is 32.3. The first-order chi connectivity index (χ1) is 4.02. The highest BCUT2D eigenvalue weighted by Gasteiger charge is 2.35. The SMILES string of the molecule is CC1CC(=O)N[N+]1(C)C. The first kappa shape index (κ1) is 6.55. The molecule has 0 aromatic rings. The number of amides is 1. The van der Waals surface area contributed by atoms with E-state index in [9.17, 15) is 4.79 Å². The molecule has 1 saturated heterocycles. The summed E-state index contributed by atoms with van der Waals surface area (Å²) in [7, 11) is 3.99. The number of hydrogen-bond donors (Lipinski definition) is 1. The molecule has 3 nitrogen and oxygen atoms in total. The summed E-state index contributed by atoms with van der Waals surface area (Å²) in [6, 6.07) is 0.414. The van der Waals surface area contributed by atoms with Crippen LogP contribution in [0.3, 0.4) is 0 Å². The van der Waals surface area contributed by atoms with Crippen molar-refractivity contribution in [1.29, 1.82) is 0 Å². The van der Waals surface area contributed by atoms with Gasteiger partial charge in [0.25, 0.3) is 5.91 Å². The van der Waals surface area contributed by atoms with Gasteiger partial charge >= 0.3 is 0 Å². The lowest BCUT2D eigenvalue weighted by Gasteiger charge is -2.26. The van der Waals surface area contributed by atoms with E-state index in [1.165, 1.54) is 0 Å². The number of rotatable bonds is 0. The molecule has 1 atom stereocenters. The van der Waals surface area contributed by atoms with Crippen molar-refractivity contribution < 1.29 is 9.39 Å². The largest absolute Gasteiger partial charge is 0.271 e. The van der Waals surface area contributed by atoms with Crippen LogP contribution >= 0.6 is 0 Å². The van der Waals surface area contributed by atoms with Crippen molar-refractivity contribution in [3.05, 3.63) is 0 Å². The van der Waals surface area contributed by atoms with Crippen LogP contribution in [0.4, 0.5) is 0 Å². The van der Waals surface area contributed by atoms with Crippen LogP contribution in [0.5, 0.6) is 0 Å². The molecule has 0 saturated carbocycles. The van der Waals surface area contributed by atoms with E-state index in [4.69, 9.17) is 0 Å². The van der Waals surface area contributed by atoms with E-state index < -0.39 is 0 Å². The molecule has 52 valence electrons. The fourth-order valence-corrected chi connectivity index (χ4v) is 0.974. The average molecular weight is 129 g/mol. The first-order valence-corrected chi connectivity index (χ1v) is 3.17. The van der Waals surface area contributed by atoms with Crippen molar-refractivity contribution in [2.45, 2.75) is 19.4 Å². The van der Waals surface area contributed by atoms with E-state index in [0.29, 0.717) is 17.1 Å². The molecule has 1 rings (SSSR count). The Balaban J connectivity index is 2.69. The predicted octanol–water partition coefficient (Wildman–Crippen LogP) is -0.114. The zero-order valence-corrected chi connectivity index (χ0v) is 6.14. The molecule has 0 spiro atoms. The van der Waals surface area contributed by atoms with Crippen molar-refractivity contribution in [2.24, 2.45) is 0 Å². The number of nitrogens with zero attached hydrogens (tertiary/aromatic N) is 1. The first-order valence-electron chi connectivity index (χ1n) is 3.17. The highest BCUT2D eigenvalue weighted by atomic mass is 16.2. The Morgan fingerprint density at radius 3 is 2.33 bits per heavy atom. The molecule has 1 amide bonds. The van der Waals surface area contributed by atoms with Crippen LogP contribution in [0.25, 0.3) is 0 Å². The maximum absolute atomic E-state index is 10.7. The Kier molecular flexibility index (Phi) is 1.24. The predicted molar refractivity (Wildman–Crippen MR) is 34.3 cm³/mol. The van der Waals surface area contributed by atoms with Crippen molar-refractivity contribution in [3.8, 4) is 0 Å². The average Bonchev–Trinajstić information content (AvgIpc) is 1.79. The van der Waals surface area contributed by atoms with Gasteiger partial charge in [0.1, 0.15) is 6.04 Å². The summed E-state index contributed by atoms with van der Waals surface area (Å²) < 4.78 is 0.624. The molecule has 1 N–H and O–H groups in total. The summed E-state index contributed by atoms with van der Waals surface area (Å²) in [5, 5.41) is 0. The minimum Gasteiger partial charge on any atom is -0.270 e. The van der Waals surface area contributed by atoms with E-state index in [0.717, 1.165) is 0 Å². The Labute approximate surface area is 55.2 Å². The molecule has 0 aromatic heterocycles. The molecule has 0 aliphatic carbocycles. The second-order valence-corrected chi connectivity index (χ2v) is 3.13.